The third-order valence-corrected chi connectivity index (χ3v) is 2.58. The number of nitrogens with one attached hydrogen (secondary N) is 1. The molecule has 1 N–H and O–H groups in total. The van der Waals surface area contributed by atoms with E-state index in [0.29, 0.717) is 13.0 Å². The third-order valence-electron chi connectivity index (χ3n) is 2.58. The Bertz CT molecular complexity index is 410. The molecule has 0 amide bonds. The van der Waals surface area contributed by atoms with Crippen LogP contribution in [0.25, 0.3) is 0 Å². The summed E-state index contributed by atoms with van der Waals surface area (Å²) >= 11 is 0. The van der Waals surface area contributed by atoms with Gasteiger partial charge in [0.2, 0.25) is 0 Å². The fourth-order valence-corrected chi connectivity index (χ4v) is 1.60. The smallest absolute Gasteiger partial charge is 0.127 e. The zero-order valence-electron chi connectivity index (χ0n) is 11.9. The van der Waals surface area contributed by atoms with Gasteiger partial charge in [0.05, 0.1) is 13.2 Å². The molecule has 0 radical (unpaired) electrons. The predicted octanol–water partition coefficient (Wildman–Crippen LogP) is 2.99. The minimum Gasteiger partial charge on any atom is -0.493 e. The maximum absolute atomic E-state index is 5.73. The summed E-state index contributed by atoms with van der Waals surface area (Å²) < 4.78 is 11.4. The summed E-state index contributed by atoms with van der Waals surface area (Å²) in [6.07, 6.45) is 6.84. The topological polar surface area (TPSA) is 30.5 Å². The number of terminal acetylenes is 1. The van der Waals surface area contributed by atoms with Crippen molar-refractivity contribution in [2.24, 2.45) is 0 Å². The lowest BCUT2D eigenvalue weighted by Gasteiger charge is -2.13. The van der Waals surface area contributed by atoms with Crippen LogP contribution in [0, 0.1) is 12.3 Å². The van der Waals surface area contributed by atoms with Crippen LogP contribution in [0.5, 0.6) is 11.5 Å². The SMILES string of the molecule is C#CCCOc1cc(OCCC)ccc1CNCC. The molecule has 0 aliphatic heterocycles. The van der Waals surface area contributed by atoms with Gasteiger partial charge < -0.3 is 14.8 Å². The van der Waals surface area contributed by atoms with E-state index >= 15 is 0 Å². The normalized spacial score (nSPS) is 9.95. The molecule has 0 heterocycles. The molecule has 0 unspecified atom stereocenters. The maximum atomic E-state index is 5.73. The Labute approximate surface area is 116 Å². The minimum atomic E-state index is 0.535. The van der Waals surface area contributed by atoms with E-state index in [1.54, 1.807) is 0 Å². The maximum Gasteiger partial charge on any atom is 0.127 e. The monoisotopic (exact) mass is 261 g/mol. The van der Waals surface area contributed by atoms with E-state index in [4.69, 9.17) is 15.9 Å². The summed E-state index contributed by atoms with van der Waals surface area (Å²) in [6.45, 7) is 7.14. The van der Waals surface area contributed by atoms with Gasteiger partial charge in [0.15, 0.2) is 0 Å². The average Bonchev–Trinajstić information content (AvgIpc) is 2.44. The van der Waals surface area contributed by atoms with E-state index in [9.17, 15) is 0 Å². The van der Waals surface area contributed by atoms with Gasteiger partial charge in [-0.3, -0.25) is 0 Å². The van der Waals surface area contributed by atoms with Gasteiger partial charge in [-0.25, -0.2) is 0 Å². The van der Waals surface area contributed by atoms with Crippen molar-refractivity contribution in [3.05, 3.63) is 23.8 Å². The highest BCUT2D eigenvalue weighted by atomic mass is 16.5. The lowest BCUT2D eigenvalue weighted by atomic mass is 10.2. The standard InChI is InChI=1S/C16H23NO2/c1-4-7-11-19-16-12-15(18-10-5-2)9-8-14(16)13-17-6-3/h1,8-9,12,17H,5-7,10-11,13H2,2-3H3. The van der Waals surface area contributed by atoms with Crippen LogP contribution in [0.2, 0.25) is 0 Å². The average molecular weight is 261 g/mol. The van der Waals surface area contributed by atoms with Crippen molar-refractivity contribution in [3.63, 3.8) is 0 Å². The molecule has 0 aromatic heterocycles. The second-order valence-electron chi connectivity index (χ2n) is 4.20. The van der Waals surface area contributed by atoms with Gasteiger partial charge in [-0.1, -0.05) is 19.9 Å². The van der Waals surface area contributed by atoms with Crippen molar-refractivity contribution in [1.82, 2.24) is 5.32 Å². The summed E-state index contributed by atoms with van der Waals surface area (Å²) in [5.74, 6) is 4.27. The van der Waals surface area contributed by atoms with Gasteiger partial charge in [-0.15, -0.1) is 12.3 Å². The predicted molar refractivity (Wildman–Crippen MR) is 78.6 cm³/mol. The van der Waals surface area contributed by atoms with Crippen LogP contribution < -0.4 is 14.8 Å². The molecular weight excluding hydrogens is 238 g/mol. The zero-order chi connectivity index (χ0) is 13.9. The fraction of sp³-hybridized carbons (Fsp3) is 0.500. The number of hydrogen-bond donors (Lipinski definition) is 1. The molecule has 3 heteroatoms. The van der Waals surface area contributed by atoms with E-state index in [0.717, 1.165) is 43.2 Å². The number of rotatable bonds is 9. The van der Waals surface area contributed by atoms with E-state index in [-0.39, 0.29) is 0 Å². The Hall–Kier alpha value is -1.66. The molecule has 1 aromatic rings. The minimum absolute atomic E-state index is 0.535. The van der Waals surface area contributed by atoms with E-state index in [1.807, 2.05) is 18.2 Å². The van der Waals surface area contributed by atoms with Crippen LogP contribution in [0.4, 0.5) is 0 Å². The molecule has 0 aliphatic rings. The van der Waals surface area contributed by atoms with E-state index < -0.39 is 0 Å². The lowest BCUT2D eigenvalue weighted by Crippen LogP contribution is -2.13. The molecule has 0 fully saturated rings. The lowest BCUT2D eigenvalue weighted by molar-refractivity contribution is 0.303. The quantitative estimate of drug-likeness (QED) is 0.547. The summed E-state index contributed by atoms with van der Waals surface area (Å²) in [5, 5.41) is 3.30. The molecule has 0 bridgehead atoms. The summed E-state index contributed by atoms with van der Waals surface area (Å²) in [4.78, 5) is 0. The van der Waals surface area contributed by atoms with Gasteiger partial charge in [0.25, 0.3) is 0 Å². The van der Waals surface area contributed by atoms with Crippen LogP contribution in [-0.4, -0.2) is 19.8 Å². The molecule has 104 valence electrons. The first-order chi connectivity index (χ1) is 9.31. The third kappa shape index (κ3) is 5.67. The number of hydrogen-bond acceptors (Lipinski definition) is 3. The van der Waals surface area contributed by atoms with Crippen molar-refractivity contribution in [2.75, 3.05) is 19.8 Å². The molecule has 1 aromatic carbocycles. The molecule has 0 aliphatic carbocycles. The van der Waals surface area contributed by atoms with Crippen LogP contribution in [-0.2, 0) is 6.54 Å². The molecule has 0 atom stereocenters. The molecule has 19 heavy (non-hydrogen) atoms. The highest BCUT2D eigenvalue weighted by molar-refractivity contribution is 5.40. The first kappa shape index (κ1) is 15.4. The highest BCUT2D eigenvalue weighted by Gasteiger charge is 2.06. The summed E-state index contributed by atoms with van der Waals surface area (Å²) in [5.41, 5.74) is 1.13. The van der Waals surface area contributed by atoms with Gasteiger partial charge in [0.1, 0.15) is 11.5 Å². The second-order valence-corrected chi connectivity index (χ2v) is 4.20. The molecular formula is C16H23NO2. The Morgan fingerprint density at radius 1 is 1.21 bits per heavy atom. The Morgan fingerprint density at radius 2 is 2.05 bits per heavy atom. The number of benzene rings is 1. The van der Waals surface area contributed by atoms with Crippen molar-refractivity contribution < 1.29 is 9.47 Å². The van der Waals surface area contributed by atoms with Crippen molar-refractivity contribution in [1.29, 1.82) is 0 Å². The van der Waals surface area contributed by atoms with E-state index in [1.165, 1.54) is 0 Å². The molecule has 0 saturated carbocycles. The molecule has 0 spiro atoms. The van der Waals surface area contributed by atoms with E-state index in [2.05, 4.69) is 25.1 Å². The Kier molecular flexibility index (Phi) is 7.53. The first-order valence-electron chi connectivity index (χ1n) is 6.84. The van der Waals surface area contributed by atoms with Crippen molar-refractivity contribution >= 4 is 0 Å². The molecule has 0 saturated heterocycles. The Morgan fingerprint density at radius 3 is 2.74 bits per heavy atom. The summed E-state index contributed by atoms with van der Waals surface area (Å²) in [7, 11) is 0. The van der Waals surface area contributed by atoms with Crippen LogP contribution in [0.1, 0.15) is 32.3 Å². The molecule has 1 rings (SSSR count). The van der Waals surface area contributed by atoms with Crippen molar-refractivity contribution in [2.45, 2.75) is 33.2 Å². The van der Waals surface area contributed by atoms with Crippen LogP contribution in [0.15, 0.2) is 18.2 Å². The van der Waals surface area contributed by atoms with Gasteiger partial charge in [-0.2, -0.15) is 0 Å². The fourth-order valence-electron chi connectivity index (χ4n) is 1.60. The Balaban J connectivity index is 2.74. The van der Waals surface area contributed by atoms with Gasteiger partial charge in [-0.05, 0) is 19.0 Å². The summed E-state index contributed by atoms with van der Waals surface area (Å²) in [6, 6.07) is 5.97. The largest absolute Gasteiger partial charge is 0.493 e. The van der Waals surface area contributed by atoms with Crippen LogP contribution in [0.3, 0.4) is 0 Å². The number of ether oxygens (including phenoxy) is 2. The second kappa shape index (κ2) is 9.29. The van der Waals surface area contributed by atoms with Crippen LogP contribution >= 0.6 is 0 Å². The first-order valence-corrected chi connectivity index (χ1v) is 6.84. The van der Waals surface area contributed by atoms with Crippen molar-refractivity contribution in [3.8, 4) is 23.8 Å². The zero-order valence-corrected chi connectivity index (χ0v) is 11.9. The highest BCUT2D eigenvalue weighted by Crippen LogP contribution is 2.25. The molecule has 3 nitrogen and oxygen atoms in total. The van der Waals surface area contributed by atoms with Gasteiger partial charge >= 0.3 is 0 Å². The van der Waals surface area contributed by atoms with Gasteiger partial charge in [0, 0.05) is 24.6 Å².